The number of nitrogens with one attached hydrogen (secondary N) is 2. The van der Waals surface area contributed by atoms with E-state index in [0.29, 0.717) is 5.96 Å². The van der Waals surface area contributed by atoms with Gasteiger partial charge in [0.2, 0.25) is 5.96 Å². The molecule has 1 aromatic rings. The molecule has 128 valence electrons. The largest absolute Gasteiger partial charge is 0.355 e. The van der Waals surface area contributed by atoms with E-state index in [1.54, 1.807) is 18.8 Å². The molecule has 0 fully saturated rings. The number of likely N-dealkylation sites (N-methyl/N-ethyl adjacent to an activating group) is 1. The molecule has 0 bridgehead atoms. The van der Waals surface area contributed by atoms with Gasteiger partial charge in [-0.15, -0.1) is 0 Å². The molecule has 0 spiro atoms. The second-order valence-electron chi connectivity index (χ2n) is 5.72. The lowest BCUT2D eigenvalue weighted by molar-refractivity contribution is 0.312. The minimum Gasteiger partial charge on any atom is -0.355 e. The highest BCUT2D eigenvalue weighted by atomic mass is 32.2. The van der Waals surface area contributed by atoms with E-state index < -0.39 is 5.66 Å². The van der Waals surface area contributed by atoms with Crippen molar-refractivity contribution in [1.29, 1.82) is 5.26 Å². The molecule has 24 heavy (non-hydrogen) atoms. The molecule has 1 aliphatic rings. The normalized spacial score (nSPS) is 15.2. The number of hydrogen-bond donors (Lipinski definition) is 2. The molecule has 0 saturated carbocycles. The first-order valence-corrected chi connectivity index (χ1v) is 8.87. The molecule has 1 heterocycles. The molecule has 2 N–H and O–H groups in total. The van der Waals surface area contributed by atoms with Crippen LogP contribution in [0.2, 0.25) is 0 Å². The Kier molecular flexibility index (Phi) is 6.58. The summed E-state index contributed by atoms with van der Waals surface area (Å²) in [7, 11) is 5.72. The van der Waals surface area contributed by atoms with E-state index in [2.05, 4.69) is 20.5 Å². The summed E-state index contributed by atoms with van der Waals surface area (Å²) in [5.74, 6) is 2.18. The number of benzene rings is 1. The van der Waals surface area contributed by atoms with Gasteiger partial charge < -0.3 is 10.2 Å². The van der Waals surface area contributed by atoms with E-state index in [-0.39, 0.29) is 0 Å². The number of rotatable bonds is 7. The number of thioether (sulfide) groups is 1. The smallest absolute Gasteiger partial charge is 0.204 e. The van der Waals surface area contributed by atoms with Crippen LogP contribution >= 0.6 is 11.8 Å². The van der Waals surface area contributed by atoms with Gasteiger partial charge in [-0.25, -0.2) is 0 Å². The number of guanidine groups is 1. The molecule has 0 amide bonds. The van der Waals surface area contributed by atoms with Gasteiger partial charge in [-0.2, -0.15) is 17.0 Å². The van der Waals surface area contributed by atoms with Gasteiger partial charge in [0.25, 0.3) is 0 Å². The molecule has 1 aliphatic heterocycles. The second kappa shape index (κ2) is 8.66. The van der Waals surface area contributed by atoms with Crippen LogP contribution in [0.25, 0.3) is 0 Å². The third-order valence-corrected chi connectivity index (χ3v) is 4.54. The minimum absolute atomic E-state index is 0.426. The van der Waals surface area contributed by atoms with Crippen molar-refractivity contribution in [3.05, 3.63) is 35.0 Å². The van der Waals surface area contributed by atoms with Crippen molar-refractivity contribution in [3.8, 4) is 6.19 Å². The van der Waals surface area contributed by atoms with Crippen LogP contribution in [0.3, 0.4) is 0 Å². The van der Waals surface area contributed by atoms with E-state index in [9.17, 15) is 0 Å². The molecule has 0 unspecified atom stereocenters. The number of aliphatic imine (C=N–C) groups is 1. The second-order valence-corrected chi connectivity index (χ2v) is 6.83. The summed E-state index contributed by atoms with van der Waals surface area (Å²) in [6.07, 6.45) is 1.86. The Balaban J connectivity index is 1.93. The fraction of sp³-hybridized carbons (Fsp3) is 0.500. The molecular weight excluding hydrogens is 322 g/mol. The Hall–Kier alpha value is -2.11. The Bertz CT molecular complexity index is 701. The summed E-state index contributed by atoms with van der Waals surface area (Å²) in [6.45, 7) is 1.50. The Morgan fingerprint density at radius 3 is 2.54 bits per heavy atom. The topological polar surface area (TPSA) is 88.2 Å². The average Bonchev–Trinajstić information content (AvgIpc) is 2.90. The van der Waals surface area contributed by atoms with Crippen molar-refractivity contribution >= 4 is 17.7 Å². The van der Waals surface area contributed by atoms with E-state index in [1.165, 1.54) is 0 Å². The van der Waals surface area contributed by atoms with Crippen LogP contribution in [-0.4, -0.2) is 62.3 Å². The zero-order valence-electron chi connectivity index (χ0n) is 14.3. The van der Waals surface area contributed by atoms with Crippen molar-refractivity contribution in [2.75, 3.05) is 45.7 Å². The Labute approximate surface area is 146 Å². The van der Waals surface area contributed by atoms with Gasteiger partial charge in [-0.3, -0.25) is 20.3 Å². The Morgan fingerprint density at radius 1 is 1.33 bits per heavy atom. The molecule has 0 saturated heterocycles. The predicted molar refractivity (Wildman–Crippen MR) is 97.5 cm³/mol. The van der Waals surface area contributed by atoms with Crippen LogP contribution in [0.15, 0.2) is 39.2 Å². The maximum atomic E-state index is 8.60. The summed E-state index contributed by atoms with van der Waals surface area (Å²) in [5.41, 5.74) is -0.426. The monoisotopic (exact) mass is 345 g/mol. The van der Waals surface area contributed by atoms with Gasteiger partial charge in [-0.05, 0) is 26.2 Å². The fourth-order valence-corrected chi connectivity index (χ4v) is 3.46. The molecule has 0 radical (unpaired) electrons. The quantitative estimate of drug-likeness (QED) is 0.230. The van der Waals surface area contributed by atoms with Crippen molar-refractivity contribution < 1.29 is 0 Å². The SMILES string of the molecule is CN=C(NC#N)NCCSCC1(CN(C)C)N=c2ccccc2=N1. The van der Waals surface area contributed by atoms with Crippen LogP contribution in [0.4, 0.5) is 0 Å². The number of nitrogens with zero attached hydrogens (tertiary/aromatic N) is 5. The van der Waals surface area contributed by atoms with E-state index in [1.807, 2.05) is 44.6 Å². The van der Waals surface area contributed by atoms with E-state index in [4.69, 9.17) is 15.2 Å². The van der Waals surface area contributed by atoms with Crippen LogP contribution in [0.1, 0.15) is 0 Å². The molecule has 0 aromatic heterocycles. The number of fused-ring (bicyclic) bond motifs is 1. The lowest BCUT2D eigenvalue weighted by atomic mass is 10.2. The number of para-hydroxylation sites is 2. The number of nitriles is 1. The first-order valence-electron chi connectivity index (χ1n) is 7.71. The molecule has 0 aliphatic carbocycles. The Morgan fingerprint density at radius 2 is 2.00 bits per heavy atom. The molecule has 1 aromatic carbocycles. The summed E-state index contributed by atoms with van der Waals surface area (Å²) in [4.78, 5) is 15.8. The predicted octanol–water partition coefficient (Wildman–Crippen LogP) is -0.423. The van der Waals surface area contributed by atoms with Gasteiger partial charge in [0.1, 0.15) is 0 Å². The van der Waals surface area contributed by atoms with Crippen molar-refractivity contribution in [2.24, 2.45) is 15.0 Å². The molecule has 0 atom stereocenters. The average molecular weight is 345 g/mol. The standard InChI is InChI=1S/C16H23N7S/c1-18-15(20-12-17)19-8-9-24-11-16(10-23(2)3)21-13-6-4-5-7-14(13)22-16/h4-7H,8-11H2,1-3H3,(H2,18,19,20). The van der Waals surface area contributed by atoms with Crippen LogP contribution in [0, 0.1) is 11.5 Å². The molecule has 2 rings (SSSR count). The van der Waals surface area contributed by atoms with Gasteiger partial charge in [0.05, 0.1) is 10.7 Å². The van der Waals surface area contributed by atoms with Crippen molar-refractivity contribution in [2.45, 2.75) is 5.66 Å². The lowest BCUT2D eigenvalue weighted by Gasteiger charge is -2.26. The maximum Gasteiger partial charge on any atom is 0.204 e. The third-order valence-electron chi connectivity index (χ3n) is 3.38. The summed E-state index contributed by atoms with van der Waals surface area (Å²) in [6, 6.07) is 8.02. The zero-order valence-corrected chi connectivity index (χ0v) is 15.1. The highest BCUT2D eigenvalue weighted by molar-refractivity contribution is 7.99. The highest BCUT2D eigenvalue weighted by Crippen LogP contribution is 2.21. The number of hydrogen-bond acceptors (Lipinski definition) is 6. The van der Waals surface area contributed by atoms with Crippen LogP contribution < -0.4 is 21.3 Å². The molecule has 7 nitrogen and oxygen atoms in total. The van der Waals surface area contributed by atoms with E-state index >= 15 is 0 Å². The van der Waals surface area contributed by atoms with E-state index in [0.717, 1.165) is 35.3 Å². The molecular formula is C16H23N7S. The lowest BCUT2D eigenvalue weighted by Crippen LogP contribution is -2.39. The van der Waals surface area contributed by atoms with Crippen molar-refractivity contribution in [3.63, 3.8) is 0 Å². The fourth-order valence-electron chi connectivity index (χ4n) is 2.52. The minimum atomic E-state index is -0.426. The van der Waals surface area contributed by atoms with Crippen LogP contribution in [0.5, 0.6) is 0 Å². The van der Waals surface area contributed by atoms with Gasteiger partial charge >= 0.3 is 0 Å². The molecule has 8 heteroatoms. The summed E-state index contributed by atoms with van der Waals surface area (Å²) in [5, 5.41) is 16.1. The van der Waals surface area contributed by atoms with Crippen molar-refractivity contribution in [1.82, 2.24) is 15.5 Å². The van der Waals surface area contributed by atoms with Gasteiger partial charge in [0.15, 0.2) is 11.9 Å². The first kappa shape index (κ1) is 18.2. The highest BCUT2D eigenvalue weighted by Gasteiger charge is 2.31. The first-order chi connectivity index (χ1) is 11.6. The summed E-state index contributed by atoms with van der Waals surface area (Å²) < 4.78 is 0. The van der Waals surface area contributed by atoms with Crippen LogP contribution in [-0.2, 0) is 0 Å². The third kappa shape index (κ3) is 4.94. The van der Waals surface area contributed by atoms with Gasteiger partial charge in [0, 0.05) is 31.6 Å². The van der Waals surface area contributed by atoms with Gasteiger partial charge in [-0.1, -0.05) is 12.1 Å². The zero-order chi connectivity index (χ0) is 17.4. The maximum absolute atomic E-state index is 8.60. The summed E-state index contributed by atoms with van der Waals surface area (Å²) >= 11 is 1.79.